The zero-order chi connectivity index (χ0) is 18.9. The number of hydrogen-bond donors (Lipinski definition) is 2. The maximum atomic E-state index is 13.2. The van der Waals surface area contributed by atoms with Gasteiger partial charge in [-0.25, -0.2) is 13.9 Å². The Bertz CT molecular complexity index is 921. The van der Waals surface area contributed by atoms with E-state index in [0.29, 0.717) is 5.75 Å². The molecule has 138 valence electrons. The lowest BCUT2D eigenvalue weighted by Crippen LogP contribution is -2.53. The van der Waals surface area contributed by atoms with Gasteiger partial charge in [-0.3, -0.25) is 10.0 Å². The summed E-state index contributed by atoms with van der Waals surface area (Å²) in [4.78, 5) is 13.2. The molecular formula is C17H18N2O5S2. The van der Waals surface area contributed by atoms with Crippen molar-refractivity contribution in [3.63, 3.8) is 0 Å². The van der Waals surface area contributed by atoms with Crippen LogP contribution in [0.1, 0.15) is 16.4 Å². The molecule has 0 spiro atoms. The van der Waals surface area contributed by atoms with Crippen LogP contribution in [0.15, 0.2) is 53.3 Å². The summed E-state index contributed by atoms with van der Waals surface area (Å²) in [6.07, 6.45) is 1.53. The molecule has 0 unspecified atom stereocenters. The third-order valence-electron chi connectivity index (χ3n) is 4.39. The number of rotatable bonds is 5. The third-order valence-corrected chi connectivity index (χ3v) is 7.15. The van der Waals surface area contributed by atoms with E-state index in [2.05, 4.69) is 6.58 Å². The van der Waals surface area contributed by atoms with Gasteiger partial charge in [0.15, 0.2) is 0 Å². The van der Waals surface area contributed by atoms with E-state index in [0.717, 1.165) is 14.7 Å². The highest BCUT2D eigenvalue weighted by atomic mass is 32.2. The first kappa shape index (κ1) is 18.6. The van der Waals surface area contributed by atoms with Gasteiger partial charge in [0.25, 0.3) is 5.91 Å². The fourth-order valence-electron chi connectivity index (χ4n) is 3.10. The number of fused-ring (bicyclic) bond motifs is 1. The number of nitrogens with one attached hydrogen (secondary N) is 1. The van der Waals surface area contributed by atoms with Crippen molar-refractivity contribution in [1.29, 1.82) is 0 Å². The van der Waals surface area contributed by atoms with Crippen LogP contribution in [0.2, 0.25) is 0 Å². The van der Waals surface area contributed by atoms with Crippen LogP contribution in [0.25, 0.3) is 0 Å². The molecule has 2 N–H and O–H groups in total. The van der Waals surface area contributed by atoms with E-state index >= 15 is 0 Å². The molecule has 1 aromatic heterocycles. The van der Waals surface area contributed by atoms with Crippen LogP contribution in [0.5, 0.6) is 5.75 Å². The van der Waals surface area contributed by atoms with Gasteiger partial charge >= 0.3 is 0 Å². The Morgan fingerprint density at radius 1 is 1.38 bits per heavy atom. The summed E-state index contributed by atoms with van der Waals surface area (Å²) in [6.45, 7) is 3.79. The first-order chi connectivity index (χ1) is 12.4. The average Bonchev–Trinajstić information content (AvgIpc) is 3.14. The van der Waals surface area contributed by atoms with Gasteiger partial charge in [-0.05, 0) is 41.3 Å². The predicted octanol–water partition coefficient (Wildman–Crippen LogP) is 2.10. The zero-order valence-corrected chi connectivity index (χ0v) is 15.6. The Morgan fingerprint density at radius 3 is 2.65 bits per heavy atom. The van der Waals surface area contributed by atoms with Crippen molar-refractivity contribution in [2.45, 2.75) is 23.4 Å². The molecule has 0 bridgehead atoms. The van der Waals surface area contributed by atoms with E-state index in [1.165, 1.54) is 36.7 Å². The largest absolute Gasteiger partial charge is 0.497 e. The molecule has 26 heavy (non-hydrogen) atoms. The summed E-state index contributed by atoms with van der Waals surface area (Å²) in [5.41, 5.74) is 2.43. The van der Waals surface area contributed by atoms with Gasteiger partial charge in [0.2, 0.25) is 10.0 Å². The fraction of sp³-hybridized carbons (Fsp3) is 0.235. The zero-order valence-electron chi connectivity index (χ0n) is 14.0. The predicted molar refractivity (Wildman–Crippen MR) is 96.7 cm³/mol. The molecule has 1 amide bonds. The molecule has 1 aliphatic rings. The molecule has 0 saturated carbocycles. The third kappa shape index (κ3) is 3.03. The Morgan fingerprint density at radius 2 is 2.08 bits per heavy atom. The van der Waals surface area contributed by atoms with E-state index in [4.69, 9.17) is 9.94 Å². The fourth-order valence-corrected chi connectivity index (χ4v) is 5.69. The molecule has 0 aliphatic carbocycles. The standard InChI is InChI=1S/C17H18N2O5S2/c1-3-13-14-8-9-25-15(14)10-19(16(13)17(20)18-21)26(22,23)12-6-4-11(24-2)5-7-12/h3-9,13,16,21H,1,10H2,2H3,(H,18,20)/t13-,16-/m1/s1. The second-order valence-electron chi connectivity index (χ2n) is 5.71. The summed E-state index contributed by atoms with van der Waals surface area (Å²) in [5.74, 6) is -0.842. The van der Waals surface area contributed by atoms with E-state index in [-0.39, 0.29) is 11.4 Å². The number of hydroxylamine groups is 1. The molecule has 1 aromatic carbocycles. The molecule has 3 rings (SSSR count). The van der Waals surface area contributed by atoms with Crippen molar-refractivity contribution in [3.05, 3.63) is 58.8 Å². The number of sulfonamides is 1. The number of benzene rings is 1. The minimum atomic E-state index is -3.99. The van der Waals surface area contributed by atoms with Crippen molar-refractivity contribution >= 4 is 27.3 Å². The van der Waals surface area contributed by atoms with Crippen LogP contribution in [0.3, 0.4) is 0 Å². The van der Waals surface area contributed by atoms with Gasteiger partial charge in [0.1, 0.15) is 11.8 Å². The quantitative estimate of drug-likeness (QED) is 0.460. The average molecular weight is 394 g/mol. The molecule has 0 radical (unpaired) electrons. The summed E-state index contributed by atoms with van der Waals surface area (Å²) >= 11 is 1.42. The highest BCUT2D eigenvalue weighted by Gasteiger charge is 2.45. The topological polar surface area (TPSA) is 95.9 Å². The van der Waals surface area contributed by atoms with Gasteiger partial charge in [0, 0.05) is 17.3 Å². The van der Waals surface area contributed by atoms with Crippen LogP contribution in [-0.4, -0.2) is 37.0 Å². The highest BCUT2D eigenvalue weighted by molar-refractivity contribution is 7.89. The molecule has 2 aromatic rings. The number of methoxy groups -OCH3 is 1. The number of amides is 1. The second-order valence-corrected chi connectivity index (χ2v) is 8.60. The van der Waals surface area contributed by atoms with E-state index in [1.807, 2.05) is 11.4 Å². The Hall–Kier alpha value is -2.20. The summed E-state index contributed by atoms with van der Waals surface area (Å²) in [5, 5.41) is 11.0. The number of carbonyl (C=O) groups excluding carboxylic acids is 1. The maximum absolute atomic E-state index is 13.2. The number of carbonyl (C=O) groups is 1. The minimum Gasteiger partial charge on any atom is -0.497 e. The highest BCUT2D eigenvalue weighted by Crippen LogP contribution is 2.40. The van der Waals surface area contributed by atoms with Crippen molar-refractivity contribution in [1.82, 2.24) is 9.79 Å². The number of hydrogen-bond acceptors (Lipinski definition) is 6. The number of nitrogens with zero attached hydrogens (tertiary/aromatic N) is 1. The number of thiophene rings is 1. The van der Waals surface area contributed by atoms with Crippen LogP contribution >= 0.6 is 11.3 Å². The van der Waals surface area contributed by atoms with Crippen LogP contribution in [-0.2, 0) is 21.4 Å². The van der Waals surface area contributed by atoms with E-state index in [1.54, 1.807) is 17.6 Å². The van der Waals surface area contributed by atoms with E-state index in [9.17, 15) is 13.2 Å². The van der Waals surface area contributed by atoms with Gasteiger partial charge in [-0.2, -0.15) is 4.31 Å². The molecule has 0 fully saturated rings. The van der Waals surface area contributed by atoms with Crippen molar-refractivity contribution in [2.75, 3.05) is 7.11 Å². The first-order valence-electron chi connectivity index (χ1n) is 7.72. The molecule has 7 nitrogen and oxygen atoms in total. The molecule has 2 heterocycles. The summed E-state index contributed by atoms with van der Waals surface area (Å²) in [7, 11) is -2.50. The SMILES string of the molecule is C=C[C@@H]1c2ccsc2CN(S(=O)(=O)c2ccc(OC)cc2)[C@H]1C(=O)NO. The van der Waals surface area contributed by atoms with Crippen LogP contribution in [0, 0.1) is 0 Å². The van der Waals surface area contributed by atoms with Gasteiger partial charge < -0.3 is 4.74 Å². The Balaban J connectivity index is 2.10. The van der Waals surface area contributed by atoms with Crippen molar-refractivity contribution in [3.8, 4) is 5.75 Å². The lowest BCUT2D eigenvalue weighted by molar-refractivity contribution is -0.134. The maximum Gasteiger partial charge on any atom is 0.262 e. The molecule has 1 aliphatic heterocycles. The molecule has 2 atom stereocenters. The molecular weight excluding hydrogens is 376 g/mol. The van der Waals surface area contributed by atoms with Crippen molar-refractivity contribution in [2.24, 2.45) is 0 Å². The Kier molecular flexibility index (Phi) is 5.15. The van der Waals surface area contributed by atoms with Crippen LogP contribution < -0.4 is 10.2 Å². The van der Waals surface area contributed by atoms with Gasteiger partial charge in [-0.1, -0.05) is 6.08 Å². The molecule has 0 saturated heterocycles. The second kappa shape index (κ2) is 7.20. The minimum absolute atomic E-state index is 0.0388. The molecule has 9 heteroatoms. The van der Waals surface area contributed by atoms with Crippen LogP contribution in [0.4, 0.5) is 0 Å². The lowest BCUT2D eigenvalue weighted by atomic mass is 9.88. The van der Waals surface area contributed by atoms with Gasteiger partial charge in [-0.15, -0.1) is 17.9 Å². The van der Waals surface area contributed by atoms with Gasteiger partial charge in [0.05, 0.1) is 12.0 Å². The van der Waals surface area contributed by atoms with E-state index < -0.39 is 27.9 Å². The van der Waals surface area contributed by atoms with Crippen molar-refractivity contribution < 1.29 is 23.2 Å². The monoisotopic (exact) mass is 394 g/mol. The lowest BCUT2D eigenvalue weighted by Gasteiger charge is -2.37. The summed E-state index contributed by atoms with van der Waals surface area (Å²) in [6, 6.07) is 6.65. The number of ether oxygens (including phenoxy) is 1. The normalized spacial score (nSPS) is 20.2. The Labute approximate surface area is 155 Å². The first-order valence-corrected chi connectivity index (χ1v) is 10.0. The smallest absolute Gasteiger partial charge is 0.262 e. The summed E-state index contributed by atoms with van der Waals surface area (Å²) < 4.78 is 32.6.